The predicted molar refractivity (Wildman–Crippen MR) is 64.6 cm³/mol. The molecular weight excluding hydrogens is 240 g/mol. The van der Waals surface area contributed by atoms with Gasteiger partial charge in [-0.3, -0.25) is 0 Å². The highest BCUT2D eigenvalue weighted by atomic mass is 79.9. The van der Waals surface area contributed by atoms with Crippen molar-refractivity contribution in [1.29, 1.82) is 0 Å². The zero-order valence-electron chi connectivity index (χ0n) is 8.89. The first kappa shape index (κ1) is 11.7. The van der Waals surface area contributed by atoms with Gasteiger partial charge in [0.25, 0.3) is 0 Å². The Bertz CT molecular complexity index is 299. The van der Waals surface area contributed by atoms with E-state index in [1.807, 2.05) is 14.1 Å². The molecule has 1 atom stereocenters. The molecule has 0 aliphatic carbocycles. The summed E-state index contributed by atoms with van der Waals surface area (Å²) in [6, 6.07) is 6.76. The van der Waals surface area contributed by atoms with Gasteiger partial charge < -0.3 is 10.6 Å². The molecule has 3 heteroatoms. The lowest BCUT2D eigenvalue weighted by Crippen LogP contribution is -2.27. The third kappa shape index (κ3) is 2.80. The summed E-state index contributed by atoms with van der Waals surface area (Å²) >= 11 is 3.50. The van der Waals surface area contributed by atoms with Crippen LogP contribution in [0.25, 0.3) is 0 Å². The van der Waals surface area contributed by atoms with E-state index in [4.69, 9.17) is 0 Å². The summed E-state index contributed by atoms with van der Waals surface area (Å²) in [6.07, 6.45) is 0. The Morgan fingerprint density at radius 2 is 2.07 bits per heavy atom. The van der Waals surface area contributed by atoms with Crippen molar-refractivity contribution in [3.05, 3.63) is 33.8 Å². The van der Waals surface area contributed by atoms with Gasteiger partial charge in [-0.05, 0) is 44.3 Å². The molecule has 0 amide bonds. The zero-order chi connectivity index (χ0) is 10.6. The van der Waals surface area contributed by atoms with Crippen molar-refractivity contribution in [2.45, 2.75) is 13.0 Å². The Balaban J connectivity index is 2.96. The van der Waals surface area contributed by atoms with Gasteiger partial charge >= 0.3 is 0 Å². The van der Waals surface area contributed by atoms with Gasteiger partial charge in [0.2, 0.25) is 0 Å². The molecule has 0 bridgehead atoms. The summed E-state index contributed by atoms with van der Waals surface area (Å²) in [5.74, 6) is 0. The van der Waals surface area contributed by atoms with Gasteiger partial charge in [0.05, 0.1) is 0 Å². The number of nitrogens with one attached hydrogen (secondary N) is 2. The molecule has 0 radical (unpaired) electrons. The molecule has 0 aliphatic heterocycles. The molecular formula is C11H17BrN2. The molecule has 2 N–H and O–H groups in total. The summed E-state index contributed by atoms with van der Waals surface area (Å²) in [7, 11) is 3.96. The molecule has 1 unspecified atom stereocenters. The second-order valence-corrected chi connectivity index (χ2v) is 4.32. The van der Waals surface area contributed by atoms with Crippen LogP contribution in [0, 0.1) is 6.92 Å². The van der Waals surface area contributed by atoms with Gasteiger partial charge in [-0.15, -0.1) is 0 Å². The minimum Gasteiger partial charge on any atom is -0.318 e. The maximum absolute atomic E-state index is 3.50. The Hall–Kier alpha value is -0.380. The van der Waals surface area contributed by atoms with Crippen molar-refractivity contribution in [1.82, 2.24) is 10.6 Å². The van der Waals surface area contributed by atoms with Crippen LogP contribution in [0.1, 0.15) is 17.2 Å². The van der Waals surface area contributed by atoms with Crippen LogP contribution in [0.2, 0.25) is 0 Å². The average Bonchev–Trinajstić information content (AvgIpc) is 2.18. The highest BCUT2D eigenvalue weighted by Crippen LogP contribution is 2.21. The molecule has 0 aromatic heterocycles. The Labute approximate surface area is 94.2 Å². The summed E-state index contributed by atoms with van der Waals surface area (Å²) in [6.45, 7) is 3.08. The fraction of sp³-hybridized carbons (Fsp3) is 0.455. The van der Waals surface area contributed by atoms with E-state index in [1.54, 1.807) is 0 Å². The molecule has 0 fully saturated rings. The molecule has 14 heavy (non-hydrogen) atoms. The minimum absolute atomic E-state index is 0.373. The minimum atomic E-state index is 0.373. The smallest absolute Gasteiger partial charge is 0.0447 e. The third-order valence-electron chi connectivity index (χ3n) is 2.37. The number of rotatable bonds is 4. The number of hydrogen-bond donors (Lipinski definition) is 2. The largest absolute Gasteiger partial charge is 0.318 e. The van der Waals surface area contributed by atoms with Crippen LogP contribution in [0.3, 0.4) is 0 Å². The van der Waals surface area contributed by atoms with Gasteiger partial charge in [0.15, 0.2) is 0 Å². The number of likely N-dealkylation sites (N-methyl/N-ethyl adjacent to an activating group) is 2. The van der Waals surface area contributed by atoms with Crippen molar-refractivity contribution in [2.24, 2.45) is 0 Å². The zero-order valence-corrected chi connectivity index (χ0v) is 10.5. The number of halogens is 1. The van der Waals surface area contributed by atoms with Crippen molar-refractivity contribution in [2.75, 3.05) is 20.6 Å². The molecule has 78 valence electrons. The van der Waals surface area contributed by atoms with Crippen LogP contribution >= 0.6 is 15.9 Å². The second kappa shape index (κ2) is 5.49. The first-order chi connectivity index (χ1) is 6.69. The molecule has 0 heterocycles. The first-order valence-corrected chi connectivity index (χ1v) is 5.56. The molecule has 1 aromatic rings. The van der Waals surface area contributed by atoms with Gasteiger partial charge in [-0.25, -0.2) is 0 Å². The first-order valence-electron chi connectivity index (χ1n) is 4.77. The molecule has 1 aromatic carbocycles. The molecule has 2 nitrogen and oxygen atoms in total. The van der Waals surface area contributed by atoms with Crippen LogP contribution in [-0.4, -0.2) is 20.6 Å². The van der Waals surface area contributed by atoms with E-state index < -0.39 is 0 Å². The fourth-order valence-electron chi connectivity index (χ4n) is 1.56. The lowest BCUT2D eigenvalue weighted by atomic mass is 10.0. The molecule has 0 saturated carbocycles. The molecule has 0 saturated heterocycles. The number of aryl methyl sites for hydroxylation is 1. The Kier molecular flexibility index (Phi) is 4.58. The van der Waals surface area contributed by atoms with Crippen LogP contribution in [0.15, 0.2) is 22.7 Å². The fourth-order valence-corrected chi connectivity index (χ4v) is 1.94. The molecule has 0 spiro atoms. The summed E-state index contributed by atoms with van der Waals surface area (Å²) < 4.78 is 1.13. The SMILES string of the molecule is CNCC(NC)c1cc(Br)ccc1C. The van der Waals surface area contributed by atoms with Crippen molar-refractivity contribution in [3.63, 3.8) is 0 Å². The van der Waals surface area contributed by atoms with Crippen LogP contribution < -0.4 is 10.6 Å². The van der Waals surface area contributed by atoms with Crippen LogP contribution in [-0.2, 0) is 0 Å². The highest BCUT2D eigenvalue weighted by molar-refractivity contribution is 9.10. The van der Waals surface area contributed by atoms with Gasteiger partial charge in [0, 0.05) is 17.1 Å². The van der Waals surface area contributed by atoms with Crippen molar-refractivity contribution < 1.29 is 0 Å². The summed E-state index contributed by atoms with van der Waals surface area (Å²) in [5.41, 5.74) is 2.67. The standard InChI is InChI=1S/C11H17BrN2/c1-8-4-5-9(12)6-10(8)11(14-3)7-13-2/h4-6,11,13-14H,7H2,1-3H3. The Morgan fingerprint density at radius 3 is 2.64 bits per heavy atom. The normalized spacial score (nSPS) is 12.9. The van der Waals surface area contributed by atoms with Gasteiger partial charge in [0.1, 0.15) is 0 Å². The van der Waals surface area contributed by atoms with E-state index in [-0.39, 0.29) is 0 Å². The molecule has 0 aliphatic rings. The van der Waals surface area contributed by atoms with Crippen molar-refractivity contribution >= 4 is 15.9 Å². The lowest BCUT2D eigenvalue weighted by Gasteiger charge is -2.18. The number of hydrogen-bond acceptors (Lipinski definition) is 2. The van der Waals surface area contributed by atoms with Crippen molar-refractivity contribution in [3.8, 4) is 0 Å². The average molecular weight is 257 g/mol. The Morgan fingerprint density at radius 1 is 1.36 bits per heavy atom. The quantitative estimate of drug-likeness (QED) is 0.864. The van der Waals surface area contributed by atoms with E-state index >= 15 is 0 Å². The van der Waals surface area contributed by atoms with E-state index in [0.717, 1.165) is 11.0 Å². The lowest BCUT2D eigenvalue weighted by molar-refractivity contribution is 0.556. The maximum atomic E-state index is 3.50. The summed E-state index contributed by atoms with van der Waals surface area (Å²) in [4.78, 5) is 0. The van der Waals surface area contributed by atoms with Gasteiger partial charge in [-0.1, -0.05) is 22.0 Å². The van der Waals surface area contributed by atoms with E-state index in [0.29, 0.717) is 6.04 Å². The number of benzene rings is 1. The van der Waals surface area contributed by atoms with Crippen LogP contribution in [0.5, 0.6) is 0 Å². The van der Waals surface area contributed by atoms with E-state index in [9.17, 15) is 0 Å². The third-order valence-corrected chi connectivity index (χ3v) is 2.87. The second-order valence-electron chi connectivity index (χ2n) is 3.40. The predicted octanol–water partition coefficient (Wildman–Crippen LogP) is 2.24. The van der Waals surface area contributed by atoms with Gasteiger partial charge in [-0.2, -0.15) is 0 Å². The summed E-state index contributed by atoms with van der Waals surface area (Å²) in [5, 5.41) is 6.49. The topological polar surface area (TPSA) is 24.1 Å². The van der Waals surface area contributed by atoms with E-state index in [1.165, 1.54) is 11.1 Å². The maximum Gasteiger partial charge on any atom is 0.0447 e. The monoisotopic (exact) mass is 256 g/mol. The highest BCUT2D eigenvalue weighted by Gasteiger charge is 2.10. The van der Waals surface area contributed by atoms with E-state index in [2.05, 4.69) is 51.7 Å². The molecule has 1 rings (SSSR count). The van der Waals surface area contributed by atoms with Crippen LogP contribution in [0.4, 0.5) is 0 Å².